The highest BCUT2D eigenvalue weighted by molar-refractivity contribution is 7.89. The Bertz CT molecular complexity index is 1320. The van der Waals surface area contributed by atoms with Gasteiger partial charge in [-0.05, 0) is 60.5 Å². The molecular formula is C22H21N5O3S. The van der Waals surface area contributed by atoms with Crippen molar-refractivity contribution in [1.29, 1.82) is 0 Å². The lowest BCUT2D eigenvalue weighted by atomic mass is 10.0. The molecule has 2 aromatic heterocycles. The van der Waals surface area contributed by atoms with Gasteiger partial charge in [0.25, 0.3) is 0 Å². The molecule has 4 rings (SSSR count). The number of nitrogens with zero attached hydrogens (tertiary/aromatic N) is 3. The van der Waals surface area contributed by atoms with E-state index in [-0.39, 0.29) is 18.0 Å². The Morgan fingerprint density at radius 3 is 2.58 bits per heavy atom. The second-order valence-electron chi connectivity index (χ2n) is 6.93. The molecule has 0 fully saturated rings. The van der Waals surface area contributed by atoms with Crippen LogP contribution < -0.4 is 10.0 Å². The van der Waals surface area contributed by atoms with E-state index in [1.165, 1.54) is 12.1 Å². The summed E-state index contributed by atoms with van der Waals surface area (Å²) in [4.78, 5) is 13.2. The maximum Gasteiger partial charge on any atom is 0.240 e. The fourth-order valence-electron chi connectivity index (χ4n) is 3.14. The SMILES string of the molecule is Cc1ccncc1-c1ccc2nc(Nc3ccc(S(=O)(=O)NCCO)cc3)ncc2c1. The zero-order valence-electron chi connectivity index (χ0n) is 16.8. The van der Waals surface area contributed by atoms with Gasteiger partial charge in [0, 0.05) is 41.8 Å². The summed E-state index contributed by atoms with van der Waals surface area (Å²) in [7, 11) is -3.64. The first-order valence-electron chi connectivity index (χ1n) is 9.62. The summed E-state index contributed by atoms with van der Waals surface area (Å²) in [5.41, 5.74) is 4.70. The molecule has 8 nitrogen and oxygen atoms in total. The molecule has 31 heavy (non-hydrogen) atoms. The number of nitrogens with one attached hydrogen (secondary N) is 2. The van der Waals surface area contributed by atoms with Crippen molar-refractivity contribution in [3.05, 3.63) is 72.7 Å². The molecule has 0 saturated carbocycles. The highest BCUT2D eigenvalue weighted by Gasteiger charge is 2.13. The highest BCUT2D eigenvalue weighted by atomic mass is 32.2. The van der Waals surface area contributed by atoms with Crippen LogP contribution in [0.1, 0.15) is 5.56 Å². The number of aliphatic hydroxyl groups excluding tert-OH is 1. The van der Waals surface area contributed by atoms with Crippen molar-refractivity contribution in [3.8, 4) is 11.1 Å². The molecule has 0 radical (unpaired) electrons. The Hall–Kier alpha value is -3.40. The maximum atomic E-state index is 12.1. The predicted octanol–water partition coefficient (Wildman–Crippen LogP) is 3.01. The number of anilines is 2. The van der Waals surface area contributed by atoms with Crippen molar-refractivity contribution in [3.63, 3.8) is 0 Å². The number of aryl methyl sites for hydroxylation is 1. The molecule has 0 bridgehead atoms. The number of aliphatic hydroxyl groups is 1. The van der Waals surface area contributed by atoms with E-state index in [1.807, 2.05) is 37.4 Å². The smallest absolute Gasteiger partial charge is 0.240 e. The van der Waals surface area contributed by atoms with Gasteiger partial charge in [0.2, 0.25) is 16.0 Å². The van der Waals surface area contributed by atoms with Crippen LogP contribution in [0.25, 0.3) is 22.0 Å². The molecule has 0 amide bonds. The van der Waals surface area contributed by atoms with Crippen LogP contribution in [0.4, 0.5) is 11.6 Å². The number of hydrogen-bond donors (Lipinski definition) is 3. The van der Waals surface area contributed by atoms with Crippen LogP contribution in [0.15, 0.2) is 72.0 Å². The summed E-state index contributed by atoms with van der Waals surface area (Å²) in [5.74, 6) is 0.409. The number of benzene rings is 2. The second-order valence-corrected chi connectivity index (χ2v) is 8.70. The minimum atomic E-state index is -3.64. The average Bonchev–Trinajstić information content (AvgIpc) is 2.78. The minimum Gasteiger partial charge on any atom is -0.395 e. The standard InChI is InChI=1S/C22H21N5O3S/c1-15-8-9-23-14-20(15)16-2-7-21-17(12-16)13-24-22(27-21)26-18-3-5-19(6-4-18)31(29,30)25-10-11-28/h2-9,12-14,25,28H,10-11H2,1H3,(H,24,26,27). The second kappa shape index (κ2) is 8.76. The number of hydrogen-bond acceptors (Lipinski definition) is 7. The summed E-state index contributed by atoms with van der Waals surface area (Å²) in [5, 5.41) is 12.8. The Kier molecular flexibility index (Phi) is 5.90. The highest BCUT2D eigenvalue weighted by Crippen LogP contribution is 2.26. The molecule has 0 spiro atoms. The lowest BCUT2D eigenvalue weighted by molar-refractivity contribution is 0.301. The Morgan fingerprint density at radius 2 is 1.84 bits per heavy atom. The molecule has 9 heteroatoms. The molecule has 0 atom stereocenters. The summed E-state index contributed by atoms with van der Waals surface area (Å²) in [6.45, 7) is 1.75. The number of sulfonamides is 1. The van der Waals surface area contributed by atoms with Gasteiger partial charge < -0.3 is 10.4 Å². The molecule has 2 heterocycles. The van der Waals surface area contributed by atoms with Gasteiger partial charge in [-0.15, -0.1) is 0 Å². The van der Waals surface area contributed by atoms with Crippen molar-refractivity contribution in [1.82, 2.24) is 19.7 Å². The van der Waals surface area contributed by atoms with Crippen LogP contribution in [-0.2, 0) is 10.0 Å². The lowest BCUT2D eigenvalue weighted by Crippen LogP contribution is -2.26. The van der Waals surface area contributed by atoms with Crippen molar-refractivity contribution < 1.29 is 13.5 Å². The van der Waals surface area contributed by atoms with Crippen LogP contribution >= 0.6 is 0 Å². The van der Waals surface area contributed by atoms with Crippen molar-refractivity contribution in [2.75, 3.05) is 18.5 Å². The number of pyridine rings is 1. The Morgan fingerprint density at radius 1 is 1.03 bits per heavy atom. The number of aromatic nitrogens is 3. The van der Waals surface area contributed by atoms with Gasteiger partial charge in [-0.25, -0.2) is 23.1 Å². The number of fused-ring (bicyclic) bond motifs is 1. The van der Waals surface area contributed by atoms with E-state index in [9.17, 15) is 8.42 Å². The quantitative estimate of drug-likeness (QED) is 0.408. The molecule has 0 aliphatic rings. The average molecular weight is 436 g/mol. The fraction of sp³-hybridized carbons (Fsp3) is 0.136. The summed E-state index contributed by atoms with van der Waals surface area (Å²) in [6, 6.07) is 14.2. The van der Waals surface area contributed by atoms with E-state index < -0.39 is 10.0 Å². The van der Waals surface area contributed by atoms with E-state index >= 15 is 0 Å². The third-order valence-electron chi connectivity index (χ3n) is 4.75. The van der Waals surface area contributed by atoms with E-state index in [1.54, 1.807) is 24.5 Å². The maximum absolute atomic E-state index is 12.1. The van der Waals surface area contributed by atoms with E-state index in [2.05, 4.69) is 25.0 Å². The van der Waals surface area contributed by atoms with Gasteiger partial charge in [0.05, 0.1) is 17.0 Å². The van der Waals surface area contributed by atoms with Crippen molar-refractivity contribution >= 4 is 32.6 Å². The lowest BCUT2D eigenvalue weighted by Gasteiger charge is -2.09. The largest absolute Gasteiger partial charge is 0.395 e. The molecule has 2 aromatic carbocycles. The monoisotopic (exact) mass is 435 g/mol. The van der Waals surface area contributed by atoms with Crippen LogP contribution in [-0.4, -0.2) is 41.6 Å². The molecular weight excluding hydrogens is 414 g/mol. The van der Waals surface area contributed by atoms with Gasteiger partial charge in [-0.1, -0.05) is 6.07 Å². The molecule has 0 unspecified atom stereocenters. The number of rotatable bonds is 7. The van der Waals surface area contributed by atoms with E-state index in [4.69, 9.17) is 5.11 Å². The van der Waals surface area contributed by atoms with Crippen molar-refractivity contribution in [2.24, 2.45) is 0 Å². The van der Waals surface area contributed by atoms with Gasteiger partial charge in [-0.3, -0.25) is 4.98 Å². The summed E-state index contributed by atoms with van der Waals surface area (Å²) >= 11 is 0. The molecule has 4 aromatic rings. The molecule has 0 saturated heterocycles. The van der Waals surface area contributed by atoms with Gasteiger partial charge in [0.15, 0.2) is 0 Å². The summed E-state index contributed by atoms with van der Waals surface area (Å²) < 4.78 is 26.5. The van der Waals surface area contributed by atoms with E-state index in [0.29, 0.717) is 11.6 Å². The fourth-order valence-corrected chi connectivity index (χ4v) is 4.16. The minimum absolute atomic E-state index is 0.0324. The van der Waals surface area contributed by atoms with Gasteiger partial charge in [-0.2, -0.15) is 0 Å². The van der Waals surface area contributed by atoms with E-state index in [0.717, 1.165) is 27.6 Å². The van der Waals surface area contributed by atoms with Crippen LogP contribution in [0.2, 0.25) is 0 Å². The van der Waals surface area contributed by atoms with Crippen LogP contribution in [0.5, 0.6) is 0 Å². The first kappa shape index (κ1) is 20.9. The molecule has 3 N–H and O–H groups in total. The van der Waals surface area contributed by atoms with Crippen molar-refractivity contribution in [2.45, 2.75) is 11.8 Å². The predicted molar refractivity (Wildman–Crippen MR) is 120 cm³/mol. The molecule has 0 aliphatic carbocycles. The first-order valence-corrected chi connectivity index (χ1v) is 11.1. The van der Waals surface area contributed by atoms with Gasteiger partial charge in [0.1, 0.15) is 0 Å². The zero-order valence-corrected chi connectivity index (χ0v) is 17.6. The molecule has 0 aliphatic heterocycles. The topological polar surface area (TPSA) is 117 Å². The first-order chi connectivity index (χ1) is 15.0. The Labute approximate surface area is 180 Å². The normalized spacial score (nSPS) is 11.5. The third kappa shape index (κ3) is 4.69. The van der Waals surface area contributed by atoms with Gasteiger partial charge >= 0.3 is 0 Å². The third-order valence-corrected chi connectivity index (χ3v) is 6.23. The zero-order chi connectivity index (χ0) is 21.8. The van der Waals surface area contributed by atoms with Crippen LogP contribution in [0.3, 0.4) is 0 Å². The molecule has 158 valence electrons. The summed E-state index contributed by atoms with van der Waals surface area (Å²) in [6.07, 6.45) is 5.36. The Balaban J connectivity index is 1.54. The van der Waals surface area contributed by atoms with Crippen LogP contribution in [0, 0.1) is 6.92 Å².